The second kappa shape index (κ2) is 7.53. The molecule has 1 nitrogen and oxygen atoms in total. The molecule has 0 fully saturated rings. The van der Waals surface area contributed by atoms with Gasteiger partial charge in [0.15, 0.2) is 0 Å². The summed E-state index contributed by atoms with van der Waals surface area (Å²) in [6.45, 7) is 2.25. The first-order chi connectivity index (χ1) is 7.22. The van der Waals surface area contributed by atoms with Gasteiger partial charge in [0.05, 0.1) is 5.03 Å². The maximum absolute atomic E-state index is 5.69. The molecule has 1 heterocycles. The van der Waals surface area contributed by atoms with Gasteiger partial charge >= 0.3 is 0 Å². The molecular formula is C11H15BrClNS. The van der Waals surface area contributed by atoms with E-state index in [4.69, 9.17) is 11.6 Å². The molecule has 1 atom stereocenters. The van der Waals surface area contributed by atoms with Crippen LogP contribution in [0.5, 0.6) is 0 Å². The van der Waals surface area contributed by atoms with Crippen molar-refractivity contribution < 1.29 is 0 Å². The summed E-state index contributed by atoms with van der Waals surface area (Å²) in [7, 11) is 0. The first-order valence-electron chi connectivity index (χ1n) is 5.02. The fourth-order valence-electron chi connectivity index (χ4n) is 1.14. The lowest BCUT2D eigenvalue weighted by Gasteiger charge is -2.08. The fraction of sp³-hybridized carbons (Fsp3) is 0.545. The number of rotatable bonds is 6. The monoisotopic (exact) mass is 307 g/mol. The molecule has 0 radical (unpaired) electrons. The number of hydrogen-bond acceptors (Lipinski definition) is 2. The van der Waals surface area contributed by atoms with Crippen molar-refractivity contribution in [2.24, 2.45) is 5.92 Å². The normalized spacial score (nSPS) is 12.7. The number of nitrogens with zero attached hydrogens (tertiary/aromatic N) is 1. The molecule has 15 heavy (non-hydrogen) atoms. The zero-order valence-corrected chi connectivity index (χ0v) is 11.9. The topological polar surface area (TPSA) is 12.9 Å². The minimum Gasteiger partial charge on any atom is -0.249 e. The molecule has 0 aliphatic heterocycles. The highest BCUT2D eigenvalue weighted by Gasteiger charge is 2.02. The van der Waals surface area contributed by atoms with E-state index >= 15 is 0 Å². The fourth-order valence-corrected chi connectivity index (χ4v) is 2.77. The molecular weight excluding hydrogens is 294 g/mol. The van der Waals surface area contributed by atoms with E-state index in [0.29, 0.717) is 5.92 Å². The van der Waals surface area contributed by atoms with Crippen molar-refractivity contribution in [3.8, 4) is 0 Å². The molecule has 0 bridgehead atoms. The molecule has 0 spiro atoms. The predicted octanol–water partition coefficient (Wildman–Crippen LogP) is 4.59. The largest absolute Gasteiger partial charge is 0.249 e. The summed E-state index contributed by atoms with van der Waals surface area (Å²) in [6.07, 6.45) is 4.15. The van der Waals surface area contributed by atoms with E-state index in [9.17, 15) is 0 Å². The van der Waals surface area contributed by atoms with Crippen LogP contribution in [0.2, 0.25) is 0 Å². The third-order valence-corrected chi connectivity index (χ3v) is 3.83. The molecule has 0 aliphatic rings. The van der Waals surface area contributed by atoms with Gasteiger partial charge in [0.1, 0.15) is 0 Å². The Morgan fingerprint density at radius 2 is 2.27 bits per heavy atom. The van der Waals surface area contributed by atoms with Crippen molar-refractivity contribution in [2.45, 2.75) is 24.8 Å². The number of pyridine rings is 1. The Morgan fingerprint density at radius 1 is 1.47 bits per heavy atom. The Bertz CT molecular complexity index is 278. The van der Waals surface area contributed by atoms with E-state index in [0.717, 1.165) is 27.6 Å². The van der Waals surface area contributed by atoms with Gasteiger partial charge in [0, 0.05) is 16.5 Å². The quantitative estimate of drug-likeness (QED) is 0.563. The Balaban J connectivity index is 2.22. The van der Waals surface area contributed by atoms with Crippen LogP contribution in [0.4, 0.5) is 0 Å². The summed E-state index contributed by atoms with van der Waals surface area (Å²) in [5.74, 6) is 2.60. The van der Waals surface area contributed by atoms with Crippen molar-refractivity contribution in [2.75, 3.05) is 11.6 Å². The third kappa shape index (κ3) is 5.79. The highest BCUT2D eigenvalue weighted by molar-refractivity contribution is 9.10. The molecule has 84 valence electrons. The highest BCUT2D eigenvalue weighted by atomic mass is 79.9. The van der Waals surface area contributed by atoms with Gasteiger partial charge in [-0.15, -0.1) is 23.4 Å². The summed E-state index contributed by atoms with van der Waals surface area (Å²) in [5.41, 5.74) is 0. The smallest absolute Gasteiger partial charge is 0.0960 e. The van der Waals surface area contributed by atoms with E-state index < -0.39 is 0 Å². The van der Waals surface area contributed by atoms with E-state index in [1.54, 1.807) is 0 Å². The van der Waals surface area contributed by atoms with E-state index in [2.05, 4.69) is 27.8 Å². The third-order valence-electron chi connectivity index (χ3n) is 2.16. The summed E-state index contributed by atoms with van der Waals surface area (Å²) in [5, 5.41) is 1.09. The van der Waals surface area contributed by atoms with Gasteiger partial charge in [-0.05, 0) is 52.6 Å². The highest BCUT2D eigenvalue weighted by Crippen LogP contribution is 2.20. The van der Waals surface area contributed by atoms with Crippen LogP contribution in [0.3, 0.4) is 0 Å². The molecule has 1 aromatic heterocycles. The summed E-state index contributed by atoms with van der Waals surface area (Å²) < 4.78 is 1.03. The molecule has 1 aromatic rings. The first-order valence-corrected chi connectivity index (χ1v) is 7.34. The van der Waals surface area contributed by atoms with Crippen LogP contribution in [0, 0.1) is 5.92 Å². The van der Waals surface area contributed by atoms with Crippen molar-refractivity contribution in [3.05, 3.63) is 22.8 Å². The molecule has 0 aliphatic carbocycles. The zero-order chi connectivity index (χ0) is 11.1. The Kier molecular flexibility index (Phi) is 6.69. The second-order valence-electron chi connectivity index (χ2n) is 3.53. The van der Waals surface area contributed by atoms with Crippen molar-refractivity contribution >= 4 is 39.3 Å². The first kappa shape index (κ1) is 13.3. The van der Waals surface area contributed by atoms with Gasteiger partial charge in [0.25, 0.3) is 0 Å². The Labute approximate surface area is 109 Å². The standard InChI is InChI=1S/C11H15BrClNS/c1-9(4-6-13)5-7-15-11-3-2-10(12)8-14-11/h2-3,8-9H,4-7H2,1H3. The molecule has 0 saturated carbocycles. The summed E-state index contributed by atoms with van der Waals surface area (Å²) in [4.78, 5) is 4.31. The van der Waals surface area contributed by atoms with E-state index in [1.165, 1.54) is 6.42 Å². The minimum atomic E-state index is 0.713. The molecule has 0 aromatic carbocycles. The molecule has 4 heteroatoms. The maximum Gasteiger partial charge on any atom is 0.0960 e. The number of aromatic nitrogens is 1. The average Bonchev–Trinajstić information content (AvgIpc) is 2.21. The zero-order valence-electron chi connectivity index (χ0n) is 8.75. The van der Waals surface area contributed by atoms with Gasteiger partial charge in [-0.3, -0.25) is 0 Å². The SMILES string of the molecule is CC(CCCl)CCSc1ccc(Br)cn1. The van der Waals surface area contributed by atoms with Crippen molar-refractivity contribution in [3.63, 3.8) is 0 Å². The number of halogens is 2. The van der Waals surface area contributed by atoms with Crippen molar-refractivity contribution in [1.82, 2.24) is 4.98 Å². The van der Waals surface area contributed by atoms with Gasteiger partial charge in [-0.1, -0.05) is 6.92 Å². The van der Waals surface area contributed by atoms with Crippen LogP contribution >= 0.6 is 39.3 Å². The van der Waals surface area contributed by atoms with Gasteiger partial charge < -0.3 is 0 Å². The second-order valence-corrected chi connectivity index (χ2v) is 5.94. The van der Waals surface area contributed by atoms with Crippen LogP contribution < -0.4 is 0 Å². The van der Waals surface area contributed by atoms with Crippen LogP contribution in [0.15, 0.2) is 27.8 Å². The number of alkyl halides is 1. The maximum atomic E-state index is 5.69. The lowest BCUT2D eigenvalue weighted by molar-refractivity contribution is 0.552. The number of hydrogen-bond donors (Lipinski definition) is 0. The van der Waals surface area contributed by atoms with E-state index in [-0.39, 0.29) is 0 Å². The van der Waals surface area contributed by atoms with Crippen LogP contribution in [-0.2, 0) is 0 Å². The Morgan fingerprint density at radius 3 is 2.87 bits per heavy atom. The van der Waals surface area contributed by atoms with Gasteiger partial charge in [-0.2, -0.15) is 0 Å². The lowest BCUT2D eigenvalue weighted by Crippen LogP contribution is -1.97. The molecule has 1 rings (SSSR count). The molecule has 1 unspecified atom stereocenters. The predicted molar refractivity (Wildman–Crippen MR) is 71.8 cm³/mol. The van der Waals surface area contributed by atoms with E-state index in [1.807, 2.05) is 30.1 Å². The van der Waals surface area contributed by atoms with Crippen LogP contribution in [0.1, 0.15) is 19.8 Å². The number of thioether (sulfide) groups is 1. The van der Waals surface area contributed by atoms with Crippen molar-refractivity contribution in [1.29, 1.82) is 0 Å². The molecule has 0 amide bonds. The average molecular weight is 309 g/mol. The van der Waals surface area contributed by atoms with Crippen LogP contribution in [-0.4, -0.2) is 16.6 Å². The Hall–Kier alpha value is 0.270. The summed E-state index contributed by atoms with van der Waals surface area (Å²) in [6, 6.07) is 4.07. The van der Waals surface area contributed by atoms with Gasteiger partial charge in [0.2, 0.25) is 0 Å². The lowest BCUT2D eigenvalue weighted by atomic mass is 10.1. The minimum absolute atomic E-state index is 0.713. The van der Waals surface area contributed by atoms with Crippen LogP contribution in [0.25, 0.3) is 0 Å². The summed E-state index contributed by atoms with van der Waals surface area (Å²) >= 11 is 10.9. The molecule has 0 saturated heterocycles. The van der Waals surface area contributed by atoms with Gasteiger partial charge in [-0.25, -0.2) is 4.98 Å². The molecule has 0 N–H and O–H groups in total.